The van der Waals surface area contributed by atoms with E-state index < -0.39 is 0 Å². The van der Waals surface area contributed by atoms with Crippen LogP contribution in [0, 0.1) is 0 Å². The quantitative estimate of drug-likeness (QED) is 0.839. The summed E-state index contributed by atoms with van der Waals surface area (Å²) >= 11 is 0. The topological polar surface area (TPSA) is 21.3 Å². The minimum atomic E-state index is 0.183. The van der Waals surface area contributed by atoms with Gasteiger partial charge >= 0.3 is 0 Å². The highest BCUT2D eigenvalue weighted by Gasteiger charge is 2.27. The maximum Gasteiger partial charge on any atom is 0.0881 e. The van der Waals surface area contributed by atoms with Gasteiger partial charge in [0.05, 0.1) is 6.10 Å². The Hall–Kier alpha value is -1.54. The Morgan fingerprint density at radius 2 is 2.24 bits per heavy atom. The van der Waals surface area contributed by atoms with Crippen molar-refractivity contribution >= 4 is 5.57 Å². The molecule has 0 aromatic heterocycles. The SMILES string of the molecule is CNC1=C2C=CCc3cccc(c32)C(OC)C1. The van der Waals surface area contributed by atoms with Crippen LogP contribution in [0.4, 0.5) is 0 Å². The molecule has 0 amide bonds. The molecule has 88 valence electrons. The fraction of sp³-hybridized carbons (Fsp3) is 0.333. The van der Waals surface area contributed by atoms with Crippen LogP contribution in [0.3, 0.4) is 0 Å². The van der Waals surface area contributed by atoms with Gasteiger partial charge in [-0.25, -0.2) is 0 Å². The van der Waals surface area contributed by atoms with Crippen LogP contribution in [0.25, 0.3) is 5.57 Å². The molecule has 1 N–H and O–H groups in total. The van der Waals surface area contributed by atoms with Gasteiger partial charge in [-0.3, -0.25) is 0 Å². The Balaban J connectivity index is 2.26. The van der Waals surface area contributed by atoms with Crippen molar-refractivity contribution < 1.29 is 4.74 Å². The number of allylic oxidation sites excluding steroid dienone is 3. The van der Waals surface area contributed by atoms with E-state index in [0.717, 1.165) is 12.8 Å². The maximum atomic E-state index is 5.62. The molecule has 1 unspecified atom stereocenters. The van der Waals surface area contributed by atoms with E-state index in [0.29, 0.717) is 0 Å². The molecular weight excluding hydrogens is 210 g/mol. The van der Waals surface area contributed by atoms with Crippen molar-refractivity contribution in [2.45, 2.75) is 18.9 Å². The molecule has 2 aliphatic rings. The van der Waals surface area contributed by atoms with Gasteiger partial charge in [-0.2, -0.15) is 0 Å². The summed E-state index contributed by atoms with van der Waals surface area (Å²) in [5, 5.41) is 3.32. The molecule has 2 heteroatoms. The number of rotatable bonds is 2. The number of benzene rings is 1. The highest BCUT2D eigenvalue weighted by atomic mass is 16.5. The summed E-state index contributed by atoms with van der Waals surface area (Å²) in [6.07, 6.45) is 6.63. The number of hydrogen-bond donors (Lipinski definition) is 1. The first-order valence-corrected chi connectivity index (χ1v) is 6.07. The van der Waals surface area contributed by atoms with Crippen LogP contribution in [0.1, 0.15) is 29.2 Å². The molecule has 3 rings (SSSR count). The Bertz CT molecular complexity index is 514. The third-order valence-electron chi connectivity index (χ3n) is 3.72. The van der Waals surface area contributed by atoms with E-state index in [1.54, 1.807) is 7.11 Å². The van der Waals surface area contributed by atoms with E-state index >= 15 is 0 Å². The van der Waals surface area contributed by atoms with Gasteiger partial charge in [0.2, 0.25) is 0 Å². The third-order valence-corrected chi connectivity index (χ3v) is 3.72. The normalized spacial score (nSPS) is 21.4. The lowest BCUT2D eigenvalue weighted by Crippen LogP contribution is -2.21. The van der Waals surface area contributed by atoms with Crippen molar-refractivity contribution in [2.75, 3.05) is 14.2 Å². The lowest BCUT2D eigenvalue weighted by atomic mass is 9.80. The van der Waals surface area contributed by atoms with Crippen LogP contribution in [-0.2, 0) is 11.2 Å². The van der Waals surface area contributed by atoms with Crippen LogP contribution in [0.5, 0.6) is 0 Å². The average molecular weight is 227 g/mol. The standard InChI is InChI=1S/C15H17NO/c1-16-13-9-14(17-2)12-8-4-6-10-5-3-7-11(13)15(10)12/h3-4,6-8,14,16H,5,9H2,1-2H3. The molecule has 2 aliphatic carbocycles. The van der Waals surface area contributed by atoms with Crippen molar-refractivity contribution in [2.24, 2.45) is 0 Å². The zero-order chi connectivity index (χ0) is 11.8. The van der Waals surface area contributed by atoms with Crippen molar-refractivity contribution in [3.05, 3.63) is 52.7 Å². The summed E-state index contributed by atoms with van der Waals surface area (Å²) in [5.74, 6) is 0. The predicted molar refractivity (Wildman–Crippen MR) is 69.6 cm³/mol. The molecule has 0 aliphatic heterocycles. The molecule has 17 heavy (non-hydrogen) atoms. The van der Waals surface area contributed by atoms with Crippen molar-refractivity contribution in [3.8, 4) is 0 Å². The van der Waals surface area contributed by atoms with Gasteiger partial charge in [0.25, 0.3) is 0 Å². The van der Waals surface area contributed by atoms with Crippen molar-refractivity contribution in [1.82, 2.24) is 5.32 Å². The largest absolute Gasteiger partial charge is 0.391 e. The summed E-state index contributed by atoms with van der Waals surface area (Å²) < 4.78 is 5.62. The minimum Gasteiger partial charge on any atom is -0.391 e. The van der Waals surface area contributed by atoms with Gasteiger partial charge in [-0.05, 0) is 23.1 Å². The van der Waals surface area contributed by atoms with Gasteiger partial charge in [-0.1, -0.05) is 30.4 Å². The van der Waals surface area contributed by atoms with Crippen LogP contribution >= 0.6 is 0 Å². The third kappa shape index (κ3) is 1.52. The smallest absolute Gasteiger partial charge is 0.0881 e. The summed E-state index contributed by atoms with van der Waals surface area (Å²) in [5.41, 5.74) is 6.76. The Kier molecular flexibility index (Phi) is 2.52. The Labute approximate surface area is 102 Å². The van der Waals surface area contributed by atoms with Crippen LogP contribution in [0.15, 0.2) is 36.0 Å². The van der Waals surface area contributed by atoms with E-state index in [-0.39, 0.29) is 6.10 Å². The van der Waals surface area contributed by atoms with Gasteiger partial charge < -0.3 is 10.1 Å². The molecule has 1 aromatic rings. The second kappa shape index (κ2) is 4.04. The number of methoxy groups -OCH3 is 1. The zero-order valence-electron chi connectivity index (χ0n) is 10.3. The lowest BCUT2D eigenvalue weighted by molar-refractivity contribution is 0.101. The Morgan fingerprint density at radius 3 is 3.00 bits per heavy atom. The van der Waals surface area contributed by atoms with E-state index in [1.165, 1.54) is 28.0 Å². The molecule has 0 saturated heterocycles. The fourth-order valence-corrected chi connectivity index (χ4v) is 2.88. The molecule has 1 atom stereocenters. The molecule has 0 fully saturated rings. The maximum absolute atomic E-state index is 5.62. The zero-order valence-corrected chi connectivity index (χ0v) is 10.3. The van der Waals surface area contributed by atoms with Crippen LogP contribution in [-0.4, -0.2) is 14.2 Å². The number of ether oxygens (including phenoxy) is 1. The summed E-state index contributed by atoms with van der Waals surface area (Å²) in [4.78, 5) is 0. The number of nitrogens with one attached hydrogen (secondary N) is 1. The first-order valence-electron chi connectivity index (χ1n) is 6.07. The number of hydrogen-bond acceptors (Lipinski definition) is 2. The van der Waals surface area contributed by atoms with E-state index in [1.807, 2.05) is 7.05 Å². The molecule has 1 aromatic carbocycles. The molecule has 0 spiro atoms. The highest BCUT2D eigenvalue weighted by Crippen LogP contribution is 2.42. The Morgan fingerprint density at radius 1 is 1.35 bits per heavy atom. The first kappa shape index (κ1) is 10.6. The van der Waals surface area contributed by atoms with Crippen LogP contribution in [0.2, 0.25) is 0 Å². The monoisotopic (exact) mass is 227 g/mol. The molecule has 0 heterocycles. The van der Waals surface area contributed by atoms with E-state index in [9.17, 15) is 0 Å². The van der Waals surface area contributed by atoms with Gasteiger partial charge in [0, 0.05) is 31.8 Å². The molecule has 2 nitrogen and oxygen atoms in total. The molecule has 0 bridgehead atoms. The van der Waals surface area contributed by atoms with Gasteiger partial charge in [0.1, 0.15) is 0 Å². The molecule has 0 radical (unpaired) electrons. The van der Waals surface area contributed by atoms with Gasteiger partial charge in [0.15, 0.2) is 0 Å². The summed E-state index contributed by atoms with van der Waals surface area (Å²) in [7, 11) is 3.78. The van der Waals surface area contributed by atoms with Crippen LogP contribution < -0.4 is 5.32 Å². The summed E-state index contributed by atoms with van der Waals surface area (Å²) in [6.45, 7) is 0. The first-order chi connectivity index (χ1) is 8.35. The lowest BCUT2D eigenvalue weighted by Gasteiger charge is -2.31. The molecular formula is C15H17NO. The van der Waals surface area contributed by atoms with E-state index in [4.69, 9.17) is 4.74 Å². The van der Waals surface area contributed by atoms with E-state index in [2.05, 4.69) is 35.7 Å². The fourth-order valence-electron chi connectivity index (χ4n) is 2.88. The molecule has 0 saturated carbocycles. The van der Waals surface area contributed by atoms with Crippen molar-refractivity contribution in [1.29, 1.82) is 0 Å². The van der Waals surface area contributed by atoms with Gasteiger partial charge in [-0.15, -0.1) is 0 Å². The second-order valence-electron chi connectivity index (χ2n) is 4.56. The second-order valence-corrected chi connectivity index (χ2v) is 4.56. The summed E-state index contributed by atoms with van der Waals surface area (Å²) in [6, 6.07) is 6.55. The minimum absolute atomic E-state index is 0.183. The van der Waals surface area contributed by atoms with Crippen molar-refractivity contribution in [3.63, 3.8) is 0 Å². The highest BCUT2D eigenvalue weighted by molar-refractivity contribution is 5.83. The predicted octanol–water partition coefficient (Wildman–Crippen LogP) is 2.82. The average Bonchev–Trinajstić information content (AvgIpc) is 2.40.